The van der Waals surface area contributed by atoms with Crippen LogP contribution in [-0.4, -0.2) is 19.2 Å². The Morgan fingerprint density at radius 1 is 1.22 bits per heavy atom. The second-order valence-electron chi connectivity index (χ2n) is 4.49. The Kier molecular flexibility index (Phi) is 6.23. The minimum atomic E-state index is -0.603. The lowest BCUT2D eigenvalue weighted by Gasteiger charge is -2.11. The second-order valence-corrected chi connectivity index (χ2v) is 6.06. The molecule has 1 N–H and O–H groups in total. The van der Waals surface area contributed by atoms with Gasteiger partial charge in [0, 0.05) is 3.57 Å². The topological polar surface area (TPSA) is 64.6 Å². The van der Waals surface area contributed by atoms with Gasteiger partial charge in [-0.25, -0.2) is 9.59 Å². The lowest BCUT2D eigenvalue weighted by molar-refractivity contribution is 0.0601. The van der Waals surface area contributed by atoms with Crippen LogP contribution in [0.15, 0.2) is 42.5 Å². The number of hydrogen-bond acceptors (Lipinski definition) is 4. The summed E-state index contributed by atoms with van der Waals surface area (Å²) in [4.78, 5) is 23.4. The average Bonchev–Trinajstić information content (AvgIpc) is 2.56. The standard InChI is InChI=1S/C16H13ClINO4/c1-22-15(20)11-7-13(18)14(8-12(11)17)19-16(21)23-9-10-5-3-2-4-6-10/h2-8H,9H2,1H3,(H,19,21). The Labute approximate surface area is 152 Å². The zero-order chi connectivity index (χ0) is 16.8. The molecule has 2 aromatic carbocycles. The number of rotatable bonds is 4. The van der Waals surface area contributed by atoms with Gasteiger partial charge in [-0.1, -0.05) is 41.9 Å². The molecule has 2 rings (SSSR count). The summed E-state index contributed by atoms with van der Waals surface area (Å²) in [5.74, 6) is -0.536. The van der Waals surface area contributed by atoms with Crippen molar-refractivity contribution in [3.63, 3.8) is 0 Å². The van der Waals surface area contributed by atoms with Crippen molar-refractivity contribution in [3.8, 4) is 0 Å². The molecule has 5 nitrogen and oxygen atoms in total. The molecule has 120 valence electrons. The minimum absolute atomic E-state index is 0.164. The van der Waals surface area contributed by atoms with Crippen molar-refractivity contribution in [2.45, 2.75) is 6.61 Å². The number of hydrogen-bond donors (Lipinski definition) is 1. The molecule has 0 radical (unpaired) electrons. The third-order valence-corrected chi connectivity index (χ3v) is 4.12. The molecule has 0 aliphatic carbocycles. The highest BCUT2D eigenvalue weighted by molar-refractivity contribution is 14.1. The highest BCUT2D eigenvalue weighted by atomic mass is 127. The molecule has 0 bridgehead atoms. The van der Waals surface area contributed by atoms with E-state index in [0.29, 0.717) is 9.26 Å². The van der Waals surface area contributed by atoms with Crippen LogP contribution in [-0.2, 0) is 16.1 Å². The van der Waals surface area contributed by atoms with Gasteiger partial charge in [0.25, 0.3) is 0 Å². The molecule has 7 heteroatoms. The highest BCUT2D eigenvalue weighted by Crippen LogP contribution is 2.27. The fourth-order valence-electron chi connectivity index (χ4n) is 1.78. The third kappa shape index (κ3) is 4.84. The van der Waals surface area contributed by atoms with Crippen LogP contribution in [0.1, 0.15) is 15.9 Å². The molecule has 0 aromatic heterocycles. The SMILES string of the molecule is COC(=O)c1cc(I)c(NC(=O)OCc2ccccc2)cc1Cl. The third-order valence-electron chi connectivity index (χ3n) is 2.91. The molecule has 0 unspecified atom stereocenters. The first-order valence-electron chi connectivity index (χ1n) is 6.56. The maximum atomic E-state index is 11.9. The maximum Gasteiger partial charge on any atom is 0.411 e. The van der Waals surface area contributed by atoms with E-state index < -0.39 is 12.1 Å². The van der Waals surface area contributed by atoms with E-state index in [-0.39, 0.29) is 17.2 Å². The van der Waals surface area contributed by atoms with Gasteiger partial charge in [-0.3, -0.25) is 5.32 Å². The molecular formula is C16H13ClINO4. The van der Waals surface area contributed by atoms with Crippen molar-refractivity contribution in [1.82, 2.24) is 0 Å². The fraction of sp³-hybridized carbons (Fsp3) is 0.125. The van der Waals surface area contributed by atoms with Crippen molar-refractivity contribution in [2.24, 2.45) is 0 Å². The van der Waals surface area contributed by atoms with E-state index in [4.69, 9.17) is 16.3 Å². The van der Waals surface area contributed by atoms with Crippen LogP contribution in [0.2, 0.25) is 5.02 Å². The van der Waals surface area contributed by atoms with Gasteiger partial charge in [-0.2, -0.15) is 0 Å². The predicted octanol–water partition coefficient (Wildman–Crippen LogP) is 4.48. The van der Waals surface area contributed by atoms with Crippen molar-refractivity contribution >= 4 is 51.9 Å². The van der Waals surface area contributed by atoms with Crippen LogP contribution in [0.25, 0.3) is 0 Å². The lowest BCUT2D eigenvalue weighted by atomic mass is 10.2. The fourth-order valence-corrected chi connectivity index (χ4v) is 2.62. The van der Waals surface area contributed by atoms with E-state index in [0.717, 1.165) is 5.56 Å². The van der Waals surface area contributed by atoms with Crippen LogP contribution >= 0.6 is 34.2 Å². The maximum absolute atomic E-state index is 11.9. The molecule has 0 saturated heterocycles. The Morgan fingerprint density at radius 3 is 2.57 bits per heavy atom. The van der Waals surface area contributed by atoms with Gasteiger partial charge in [0.2, 0.25) is 0 Å². The summed E-state index contributed by atoms with van der Waals surface area (Å²) >= 11 is 8.02. The van der Waals surface area contributed by atoms with Crippen molar-refractivity contribution in [3.05, 3.63) is 62.2 Å². The number of methoxy groups -OCH3 is 1. The minimum Gasteiger partial charge on any atom is -0.465 e. The number of esters is 1. The van der Waals surface area contributed by atoms with Crippen LogP contribution < -0.4 is 5.32 Å². The number of carbonyl (C=O) groups excluding carboxylic acids is 2. The van der Waals surface area contributed by atoms with Crippen LogP contribution in [0.4, 0.5) is 10.5 Å². The number of amides is 1. The van der Waals surface area contributed by atoms with E-state index in [1.807, 2.05) is 52.9 Å². The summed E-state index contributed by atoms with van der Waals surface area (Å²) in [6.07, 6.45) is -0.603. The van der Waals surface area contributed by atoms with Crippen molar-refractivity contribution in [2.75, 3.05) is 12.4 Å². The number of benzene rings is 2. The van der Waals surface area contributed by atoms with Gasteiger partial charge < -0.3 is 9.47 Å². The first-order valence-corrected chi connectivity index (χ1v) is 8.02. The van der Waals surface area contributed by atoms with E-state index >= 15 is 0 Å². The Morgan fingerprint density at radius 2 is 1.91 bits per heavy atom. The molecule has 0 heterocycles. The van der Waals surface area contributed by atoms with E-state index in [1.54, 1.807) is 6.07 Å². The molecule has 23 heavy (non-hydrogen) atoms. The quantitative estimate of drug-likeness (QED) is 0.557. The van der Waals surface area contributed by atoms with Crippen molar-refractivity contribution in [1.29, 1.82) is 0 Å². The monoisotopic (exact) mass is 445 g/mol. The summed E-state index contributed by atoms with van der Waals surface area (Å²) in [7, 11) is 1.28. The molecule has 0 aliphatic rings. The van der Waals surface area contributed by atoms with E-state index in [2.05, 4.69) is 10.1 Å². The van der Waals surface area contributed by atoms with Gasteiger partial charge in [-0.15, -0.1) is 0 Å². The Hall–Kier alpha value is -1.80. The van der Waals surface area contributed by atoms with E-state index in [9.17, 15) is 9.59 Å². The summed E-state index contributed by atoms with van der Waals surface area (Å²) in [6, 6.07) is 12.4. The second kappa shape index (κ2) is 8.16. The summed E-state index contributed by atoms with van der Waals surface area (Å²) in [5.41, 5.74) is 1.58. The number of halogens is 2. The Bertz CT molecular complexity index is 722. The largest absolute Gasteiger partial charge is 0.465 e. The molecule has 2 aromatic rings. The van der Waals surface area contributed by atoms with E-state index in [1.165, 1.54) is 13.2 Å². The average molecular weight is 446 g/mol. The molecule has 0 atom stereocenters. The normalized spacial score (nSPS) is 10.0. The molecule has 0 saturated carbocycles. The number of nitrogens with one attached hydrogen (secondary N) is 1. The lowest BCUT2D eigenvalue weighted by Crippen LogP contribution is -2.15. The van der Waals surface area contributed by atoms with Gasteiger partial charge >= 0.3 is 12.1 Å². The van der Waals surface area contributed by atoms with Crippen molar-refractivity contribution < 1.29 is 19.1 Å². The van der Waals surface area contributed by atoms with Crippen LogP contribution in [0.3, 0.4) is 0 Å². The van der Waals surface area contributed by atoms with Gasteiger partial charge in [0.05, 0.1) is 23.4 Å². The first-order chi connectivity index (χ1) is 11.0. The predicted molar refractivity (Wildman–Crippen MR) is 95.8 cm³/mol. The van der Waals surface area contributed by atoms with Gasteiger partial charge in [0.15, 0.2) is 0 Å². The summed E-state index contributed by atoms with van der Waals surface area (Å²) in [6.45, 7) is 0.164. The zero-order valence-electron chi connectivity index (χ0n) is 12.1. The Balaban J connectivity index is 2.03. The number of ether oxygens (including phenoxy) is 2. The highest BCUT2D eigenvalue weighted by Gasteiger charge is 2.15. The molecular weight excluding hydrogens is 433 g/mol. The summed E-state index contributed by atoms with van der Waals surface area (Å²) in [5, 5.41) is 2.79. The first kappa shape index (κ1) is 17.6. The molecule has 0 spiro atoms. The van der Waals surface area contributed by atoms with Gasteiger partial charge in [-0.05, 0) is 40.3 Å². The molecule has 0 aliphatic heterocycles. The smallest absolute Gasteiger partial charge is 0.411 e. The van der Waals surface area contributed by atoms with Crippen LogP contribution in [0.5, 0.6) is 0 Å². The molecule has 0 fully saturated rings. The van der Waals surface area contributed by atoms with Gasteiger partial charge in [0.1, 0.15) is 6.61 Å². The zero-order valence-corrected chi connectivity index (χ0v) is 15.1. The molecule has 1 amide bonds. The number of carbonyl (C=O) groups is 2. The van der Waals surface area contributed by atoms with Crippen LogP contribution in [0, 0.1) is 3.57 Å². The number of anilines is 1. The summed E-state index contributed by atoms with van der Waals surface area (Å²) < 4.78 is 10.4.